The summed E-state index contributed by atoms with van der Waals surface area (Å²) in [6.45, 7) is 0. The van der Waals surface area contributed by atoms with Gasteiger partial charge in [0.1, 0.15) is 14.7 Å². The van der Waals surface area contributed by atoms with E-state index in [1.165, 1.54) is 11.3 Å². The molecule has 0 fully saturated rings. The van der Waals surface area contributed by atoms with Crippen molar-refractivity contribution in [2.24, 2.45) is 0 Å². The maximum Gasteiger partial charge on any atom is 0.326 e. The van der Waals surface area contributed by atoms with E-state index in [-0.39, 0.29) is 12.4 Å². The molecular weight excluding hydrogens is 285 g/mol. The highest BCUT2D eigenvalue weighted by molar-refractivity contribution is 7.25. The Bertz CT molecular complexity index is 820. The zero-order valence-corrected chi connectivity index (χ0v) is 10.5. The van der Waals surface area contributed by atoms with Crippen LogP contribution in [0.3, 0.4) is 0 Å². The lowest BCUT2D eigenvalue weighted by Gasteiger charge is -1.90. The third-order valence-electron chi connectivity index (χ3n) is 2.19. The monoisotopic (exact) mass is 289 g/mol. The minimum Gasteiger partial charge on any atom is -0.305 e. The maximum atomic E-state index is 11.5. The third-order valence-corrected chi connectivity index (χ3v) is 3.50. The van der Waals surface area contributed by atoms with Crippen molar-refractivity contribution in [3.8, 4) is 0 Å². The average molecular weight is 290 g/mol. The fourth-order valence-corrected chi connectivity index (χ4v) is 2.77. The van der Waals surface area contributed by atoms with Crippen LogP contribution in [0.2, 0.25) is 5.15 Å². The first-order valence-corrected chi connectivity index (χ1v) is 5.56. The second-order valence-electron chi connectivity index (χ2n) is 3.20. The molecule has 3 aromatic heterocycles. The first-order chi connectivity index (χ1) is 7.65. The predicted molar refractivity (Wildman–Crippen MR) is 70.6 cm³/mol. The topological polar surface area (TPSA) is 78.6 Å². The van der Waals surface area contributed by atoms with Crippen LogP contribution in [0.25, 0.3) is 20.4 Å². The zero-order chi connectivity index (χ0) is 11.3. The summed E-state index contributed by atoms with van der Waals surface area (Å²) < 4.78 is 0.448. The number of rotatable bonds is 0. The van der Waals surface area contributed by atoms with Gasteiger partial charge < -0.3 is 4.98 Å². The SMILES string of the molecule is Cl.O=c1[nH]c(=O)c2sc3nc(Cl)ccc3c2[nH]1. The number of hydrogen-bond acceptors (Lipinski definition) is 4. The largest absolute Gasteiger partial charge is 0.326 e. The Balaban J connectivity index is 0.00000108. The van der Waals surface area contributed by atoms with Gasteiger partial charge >= 0.3 is 5.69 Å². The van der Waals surface area contributed by atoms with E-state index in [9.17, 15) is 9.59 Å². The van der Waals surface area contributed by atoms with Crippen molar-refractivity contribution in [3.05, 3.63) is 38.1 Å². The zero-order valence-electron chi connectivity index (χ0n) is 8.11. The molecule has 0 saturated carbocycles. The smallest absolute Gasteiger partial charge is 0.305 e. The molecule has 3 rings (SSSR count). The summed E-state index contributed by atoms with van der Waals surface area (Å²) >= 11 is 6.96. The number of halogens is 2. The van der Waals surface area contributed by atoms with Crippen LogP contribution in [-0.4, -0.2) is 15.0 Å². The molecule has 0 amide bonds. The number of nitrogens with one attached hydrogen (secondary N) is 2. The molecule has 0 saturated heterocycles. The number of pyridine rings is 1. The van der Waals surface area contributed by atoms with Crippen molar-refractivity contribution >= 4 is 55.8 Å². The fraction of sp³-hybridized carbons (Fsp3) is 0. The van der Waals surface area contributed by atoms with Crippen LogP contribution in [0, 0.1) is 0 Å². The van der Waals surface area contributed by atoms with Crippen molar-refractivity contribution in [1.82, 2.24) is 15.0 Å². The van der Waals surface area contributed by atoms with E-state index in [1.807, 2.05) is 0 Å². The quantitative estimate of drug-likeness (QED) is 0.621. The number of fused-ring (bicyclic) bond motifs is 3. The lowest BCUT2D eigenvalue weighted by molar-refractivity contribution is 1.09. The number of thiophene rings is 1. The predicted octanol–water partition coefficient (Wildman–Crippen LogP) is 1.90. The van der Waals surface area contributed by atoms with Crippen LogP contribution < -0.4 is 11.2 Å². The molecule has 0 unspecified atom stereocenters. The van der Waals surface area contributed by atoms with Crippen LogP contribution in [0.1, 0.15) is 0 Å². The van der Waals surface area contributed by atoms with Crippen molar-refractivity contribution in [2.45, 2.75) is 0 Å². The highest BCUT2D eigenvalue weighted by Crippen LogP contribution is 2.28. The molecule has 3 aromatic rings. The van der Waals surface area contributed by atoms with Crippen molar-refractivity contribution in [3.63, 3.8) is 0 Å². The molecule has 5 nitrogen and oxygen atoms in total. The molecule has 0 aliphatic carbocycles. The summed E-state index contributed by atoms with van der Waals surface area (Å²) in [4.78, 5) is 32.2. The first-order valence-electron chi connectivity index (χ1n) is 4.36. The molecule has 88 valence electrons. The van der Waals surface area contributed by atoms with E-state index >= 15 is 0 Å². The van der Waals surface area contributed by atoms with Gasteiger partial charge in [0.15, 0.2) is 0 Å². The number of aromatic amines is 2. The van der Waals surface area contributed by atoms with Gasteiger partial charge in [0.25, 0.3) is 5.56 Å². The molecule has 0 spiro atoms. The van der Waals surface area contributed by atoms with Gasteiger partial charge in [-0.3, -0.25) is 9.78 Å². The van der Waals surface area contributed by atoms with Gasteiger partial charge in [-0.25, -0.2) is 9.78 Å². The molecule has 0 aliphatic heterocycles. The van der Waals surface area contributed by atoms with Crippen LogP contribution in [0.5, 0.6) is 0 Å². The molecule has 0 aromatic carbocycles. The Kier molecular flexibility index (Phi) is 2.94. The van der Waals surface area contributed by atoms with Crippen molar-refractivity contribution in [1.29, 1.82) is 0 Å². The lowest BCUT2D eigenvalue weighted by atomic mass is 10.3. The molecule has 17 heavy (non-hydrogen) atoms. The van der Waals surface area contributed by atoms with E-state index in [0.717, 1.165) is 5.39 Å². The van der Waals surface area contributed by atoms with Crippen LogP contribution in [0.15, 0.2) is 21.7 Å². The molecule has 8 heteroatoms. The normalized spacial score (nSPS) is 10.6. The average Bonchev–Trinajstić information content (AvgIpc) is 2.56. The Morgan fingerprint density at radius 3 is 2.76 bits per heavy atom. The maximum absolute atomic E-state index is 11.5. The van der Waals surface area contributed by atoms with Crippen LogP contribution >= 0.6 is 35.3 Å². The summed E-state index contributed by atoms with van der Waals surface area (Å²) in [6.07, 6.45) is 0. The standard InChI is InChI=1S/C9H4ClN3O2S.ClH/c10-4-2-1-3-5-6(16-8(3)11-4)7(14)13-9(15)12-5;/h1-2H,(H2,12,13,14,15);1H. The van der Waals surface area contributed by atoms with Crippen LogP contribution in [-0.2, 0) is 0 Å². The van der Waals surface area contributed by atoms with E-state index in [1.54, 1.807) is 12.1 Å². The minimum absolute atomic E-state index is 0. The summed E-state index contributed by atoms with van der Waals surface area (Å²) in [6, 6.07) is 3.36. The number of hydrogen-bond donors (Lipinski definition) is 2. The molecular formula is C9H5Cl2N3O2S. The van der Waals surface area contributed by atoms with Gasteiger partial charge in [0, 0.05) is 5.39 Å². The van der Waals surface area contributed by atoms with Gasteiger partial charge in [-0.15, -0.1) is 23.7 Å². The fourth-order valence-electron chi connectivity index (χ4n) is 1.54. The molecule has 2 N–H and O–H groups in total. The van der Waals surface area contributed by atoms with Crippen molar-refractivity contribution < 1.29 is 0 Å². The van der Waals surface area contributed by atoms with E-state index in [4.69, 9.17) is 11.6 Å². The molecule has 3 heterocycles. The minimum atomic E-state index is -0.521. The Morgan fingerprint density at radius 1 is 1.24 bits per heavy atom. The second kappa shape index (κ2) is 4.14. The molecule has 0 atom stereocenters. The van der Waals surface area contributed by atoms with Crippen LogP contribution in [0.4, 0.5) is 0 Å². The Morgan fingerprint density at radius 2 is 2.00 bits per heavy atom. The van der Waals surface area contributed by atoms with Gasteiger partial charge in [0.05, 0.1) is 5.52 Å². The first kappa shape index (κ1) is 12.1. The molecule has 0 bridgehead atoms. The highest BCUT2D eigenvalue weighted by atomic mass is 35.5. The van der Waals surface area contributed by atoms with E-state index in [0.29, 0.717) is 20.2 Å². The molecule has 0 radical (unpaired) electrons. The van der Waals surface area contributed by atoms with E-state index in [2.05, 4.69) is 15.0 Å². The lowest BCUT2D eigenvalue weighted by Crippen LogP contribution is -2.20. The van der Waals surface area contributed by atoms with Gasteiger partial charge in [-0.1, -0.05) is 11.6 Å². The number of aromatic nitrogens is 3. The van der Waals surface area contributed by atoms with Gasteiger partial charge in [0.2, 0.25) is 0 Å². The summed E-state index contributed by atoms with van der Waals surface area (Å²) in [5.41, 5.74) is -0.414. The van der Waals surface area contributed by atoms with E-state index < -0.39 is 11.2 Å². The Hall–Kier alpha value is -1.37. The Labute approximate surface area is 109 Å². The number of nitrogens with zero attached hydrogens (tertiary/aromatic N) is 1. The molecule has 0 aliphatic rings. The summed E-state index contributed by atoms with van der Waals surface area (Å²) in [5.74, 6) is 0. The summed E-state index contributed by atoms with van der Waals surface area (Å²) in [7, 11) is 0. The van der Waals surface area contributed by atoms with Crippen molar-refractivity contribution in [2.75, 3.05) is 0 Å². The summed E-state index contributed by atoms with van der Waals surface area (Å²) in [5, 5.41) is 1.09. The van der Waals surface area contributed by atoms with Gasteiger partial charge in [-0.2, -0.15) is 0 Å². The highest BCUT2D eigenvalue weighted by Gasteiger charge is 2.10. The third kappa shape index (κ3) is 1.84. The second-order valence-corrected chi connectivity index (χ2v) is 4.59. The van der Waals surface area contributed by atoms with Gasteiger partial charge in [-0.05, 0) is 12.1 Å². The number of H-pyrrole nitrogens is 2.